The molecule has 1 aromatic heterocycles. The molecule has 0 aliphatic heterocycles. The molecule has 0 spiro atoms. The fourth-order valence-corrected chi connectivity index (χ4v) is 5.18. The van der Waals surface area contributed by atoms with Crippen LogP contribution in [0.4, 0.5) is 4.79 Å². The van der Waals surface area contributed by atoms with Crippen molar-refractivity contribution in [3.63, 3.8) is 0 Å². The fraction of sp³-hybridized carbons (Fsp3) is 0.273. The molecule has 0 saturated carbocycles. The molecule has 0 N–H and O–H groups in total. The summed E-state index contributed by atoms with van der Waals surface area (Å²) in [6, 6.07) is 12.2. The second kappa shape index (κ2) is 8.62. The van der Waals surface area contributed by atoms with Crippen molar-refractivity contribution in [1.29, 1.82) is 0 Å². The maximum atomic E-state index is 13.5. The highest BCUT2D eigenvalue weighted by atomic mass is 35.5. The van der Waals surface area contributed by atoms with Gasteiger partial charge in [-0.3, -0.25) is 0 Å². The standard InChI is InChI=1S/C22H24ClN3O3S/c1-5-25(6-2)22(27)26-14-19(23)21(24-26)30(28,29)20-10-8-7-9-17(20)18-13-15(3)11-12-16(18)4/h7-14H,5-6H2,1-4H3. The van der Waals surface area contributed by atoms with Gasteiger partial charge in [0.25, 0.3) is 0 Å². The second-order valence-electron chi connectivity index (χ2n) is 7.00. The SMILES string of the molecule is CCN(CC)C(=O)n1cc(Cl)c(S(=O)(=O)c2ccccc2-c2cc(C)ccc2C)n1. The number of aromatic nitrogens is 2. The number of amides is 1. The van der Waals surface area contributed by atoms with Crippen molar-refractivity contribution in [3.8, 4) is 11.1 Å². The molecule has 6 nitrogen and oxygen atoms in total. The lowest BCUT2D eigenvalue weighted by Crippen LogP contribution is -2.34. The van der Waals surface area contributed by atoms with Gasteiger partial charge in [0, 0.05) is 18.7 Å². The normalized spacial score (nSPS) is 11.5. The number of aryl methyl sites for hydroxylation is 2. The molecule has 8 heteroatoms. The zero-order valence-corrected chi connectivity index (χ0v) is 19.0. The van der Waals surface area contributed by atoms with Crippen LogP contribution in [0, 0.1) is 13.8 Å². The summed E-state index contributed by atoms with van der Waals surface area (Å²) in [5.41, 5.74) is 3.37. The van der Waals surface area contributed by atoms with E-state index in [1.165, 1.54) is 17.2 Å². The van der Waals surface area contributed by atoms with E-state index >= 15 is 0 Å². The van der Waals surface area contributed by atoms with Crippen molar-refractivity contribution < 1.29 is 13.2 Å². The monoisotopic (exact) mass is 445 g/mol. The van der Waals surface area contributed by atoms with Crippen LogP contribution in [0.5, 0.6) is 0 Å². The van der Waals surface area contributed by atoms with Gasteiger partial charge in [0.15, 0.2) is 0 Å². The third-order valence-electron chi connectivity index (χ3n) is 4.98. The number of carbonyl (C=O) groups excluding carboxylic acids is 1. The minimum Gasteiger partial charge on any atom is -0.323 e. The molecule has 0 radical (unpaired) electrons. The molecule has 3 aromatic rings. The van der Waals surface area contributed by atoms with Gasteiger partial charge in [-0.2, -0.15) is 9.78 Å². The minimum absolute atomic E-state index is 0.0914. The number of halogens is 1. The summed E-state index contributed by atoms with van der Waals surface area (Å²) in [4.78, 5) is 14.2. The summed E-state index contributed by atoms with van der Waals surface area (Å²) in [5, 5.41) is 3.63. The highest BCUT2D eigenvalue weighted by Crippen LogP contribution is 2.35. The van der Waals surface area contributed by atoms with E-state index in [-0.39, 0.29) is 14.9 Å². The number of benzene rings is 2. The largest absolute Gasteiger partial charge is 0.344 e. The lowest BCUT2D eigenvalue weighted by atomic mass is 9.98. The van der Waals surface area contributed by atoms with Crippen molar-refractivity contribution >= 4 is 27.5 Å². The summed E-state index contributed by atoms with van der Waals surface area (Å²) in [6.45, 7) is 8.52. The summed E-state index contributed by atoms with van der Waals surface area (Å²) >= 11 is 6.24. The van der Waals surface area contributed by atoms with E-state index in [1.807, 2.05) is 45.9 Å². The van der Waals surface area contributed by atoms with Crippen LogP contribution in [0.15, 0.2) is 58.6 Å². The average Bonchev–Trinajstić information content (AvgIpc) is 3.13. The van der Waals surface area contributed by atoms with Crippen molar-refractivity contribution in [1.82, 2.24) is 14.7 Å². The molecule has 0 bridgehead atoms. The molecule has 158 valence electrons. The van der Waals surface area contributed by atoms with Crippen LogP contribution >= 0.6 is 11.6 Å². The van der Waals surface area contributed by atoms with Crippen molar-refractivity contribution in [2.24, 2.45) is 0 Å². The summed E-state index contributed by atoms with van der Waals surface area (Å²) in [5.74, 6) is 0. The van der Waals surface area contributed by atoms with E-state index in [1.54, 1.807) is 18.2 Å². The third kappa shape index (κ3) is 4.00. The highest BCUT2D eigenvalue weighted by molar-refractivity contribution is 7.91. The number of nitrogens with zero attached hydrogens (tertiary/aromatic N) is 3. The Morgan fingerprint density at radius 1 is 1.07 bits per heavy atom. The van der Waals surface area contributed by atoms with Crippen LogP contribution in [-0.4, -0.2) is 42.2 Å². The van der Waals surface area contributed by atoms with Crippen molar-refractivity contribution in [2.75, 3.05) is 13.1 Å². The molecule has 1 heterocycles. The van der Waals surface area contributed by atoms with Crippen LogP contribution in [0.1, 0.15) is 25.0 Å². The molecular weight excluding hydrogens is 422 g/mol. The van der Waals surface area contributed by atoms with Crippen LogP contribution in [-0.2, 0) is 9.84 Å². The van der Waals surface area contributed by atoms with Gasteiger partial charge in [-0.15, -0.1) is 0 Å². The van der Waals surface area contributed by atoms with Gasteiger partial charge in [-0.1, -0.05) is 53.6 Å². The first-order valence-corrected chi connectivity index (χ1v) is 11.5. The molecular formula is C22H24ClN3O3S. The Morgan fingerprint density at radius 3 is 2.40 bits per heavy atom. The minimum atomic E-state index is -4.06. The van der Waals surface area contributed by atoms with E-state index in [9.17, 15) is 13.2 Å². The first-order chi connectivity index (χ1) is 14.2. The quantitative estimate of drug-likeness (QED) is 0.556. The maximum absolute atomic E-state index is 13.5. The van der Waals surface area contributed by atoms with Gasteiger partial charge in [-0.25, -0.2) is 13.2 Å². The van der Waals surface area contributed by atoms with E-state index < -0.39 is 15.9 Å². The Labute approximate surface area is 182 Å². The van der Waals surface area contributed by atoms with Gasteiger partial charge < -0.3 is 4.90 Å². The molecule has 0 atom stereocenters. The molecule has 0 saturated heterocycles. The Morgan fingerprint density at radius 2 is 1.73 bits per heavy atom. The van der Waals surface area contributed by atoms with E-state index in [2.05, 4.69) is 5.10 Å². The topological polar surface area (TPSA) is 72.3 Å². The van der Waals surface area contributed by atoms with Gasteiger partial charge in [0.2, 0.25) is 14.9 Å². The smallest absolute Gasteiger partial charge is 0.323 e. The van der Waals surface area contributed by atoms with E-state index in [0.717, 1.165) is 21.4 Å². The molecule has 0 aliphatic rings. The molecule has 0 aliphatic carbocycles. The lowest BCUT2D eigenvalue weighted by molar-refractivity contribution is 0.201. The number of rotatable bonds is 5. The van der Waals surface area contributed by atoms with E-state index in [4.69, 9.17) is 11.6 Å². The van der Waals surface area contributed by atoms with Gasteiger partial charge in [0.05, 0.1) is 16.1 Å². The zero-order chi connectivity index (χ0) is 22.1. The molecule has 0 fully saturated rings. The predicted octanol–water partition coefficient (Wildman–Crippen LogP) is 4.96. The Kier molecular flexibility index (Phi) is 6.33. The molecule has 1 amide bonds. The van der Waals surface area contributed by atoms with Crippen LogP contribution in [0.25, 0.3) is 11.1 Å². The zero-order valence-electron chi connectivity index (χ0n) is 17.4. The Hall–Kier alpha value is -2.64. The third-order valence-corrected chi connectivity index (χ3v) is 7.12. The average molecular weight is 446 g/mol. The van der Waals surface area contributed by atoms with Gasteiger partial charge in [-0.05, 0) is 44.9 Å². The number of sulfone groups is 1. The Bertz CT molecular complexity index is 1200. The van der Waals surface area contributed by atoms with Crippen molar-refractivity contribution in [2.45, 2.75) is 37.6 Å². The van der Waals surface area contributed by atoms with Crippen molar-refractivity contribution in [3.05, 3.63) is 64.8 Å². The number of carbonyl (C=O) groups is 1. The maximum Gasteiger partial charge on any atom is 0.344 e. The van der Waals surface area contributed by atoms with Crippen LogP contribution < -0.4 is 0 Å². The molecule has 2 aromatic carbocycles. The molecule has 30 heavy (non-hydrogen) atoms. The fourth-order valence-electron chi connectivity index (χ4n) is 3.31. The summed E-state index contributed by atoms with van der Waals surface area (Å²) in [6.07, 6.45) is 1.25. The predicted molar refractivity (Wildman–Crippen MR) is 118 cm³/mol. The Balaban J connectivity index is 2.15. The van der Waals surface area contributed by atoms with Crippen LogP contribution in [0.2, 0.25) is 5.02 Å². The number of hydrogen-bond acceptors (Lipinski definition) is 4. The van der Waals surface area contributed by atoms with Crippen LogP contribution in [0.3, 0.4) is 0 Å². The molecule has 0 unspecified atom stereocenters. The number of hydrogen-bond donors (Lipinski definition) is 0. The first-order valence-electron chi connectivity index (χ1n) is 9.66. The molecule has 3 rings (SSSR count). The summed E-state index contributed by atoms with van der Waals surface area (Å²) < 4.78 is 28.0. The van der Waals surface area contributed by atoms with E-state index in [0.29, 0.717) is 18.7 Å². The second-order valence-corrected chi connectivity index (χ2v) is 9.24. The highest BCUT2D eigenvalue weighted by Gasteiger charge is 2.29. The van der Waals surface area contributed by atoms with Gasteiger partial charge in [0.1, 0.15) is 0 Å². The lowest BCUT2D eigenvalue weighted by Gasteiger charge is -2.17. The first kappa shape index (κ1) is 22.1. The summed E-state index contributed by atoms with van der Waals surface area (Å²) in [7, 11) is -4.06. The van der Waals surface area contributed by atoms with Gasteiger partial charge >= 0.3 is 6.03 Å².